The van der Waals surface area contributed by atoms with Crippen LogP contribution in [0.2, 0.25) is 6.32 Å². The third-order valence-corrected chi connectivity index (χ3v) is 4.77. The molecule has 1 heterocycles. The third-order valence-electron chi connectivity index (χ3n) is 4.77. The minimum Gasteiger partial charge on any atom is -0.463 e. The van der Waals surface area contributed by atoms with Crippen molar-refractivity contribution in [3.8, 4) is 0 Å². The van der Waals surface area contributed by atoms with Crippen molar-refractivity contribution in [2.75, 3.05) is 6.61 Å². The van der Waals surface area contributed by atoms with Crippen molar-refractivity contribution in [3.63, 3.8) is 0 Å². The summed E-state index contributed by atoms with van der Waals surface area (Å²) in [5.74, 6) is -0.273. The molecule has 4 nitrogen and oxygen atoms in total. The molecule has 0 radical (unpaired) electrons. The molecule has 0 aromatic rings. The topological polar surface area (TPSA) is 44.8 Å². The first-order valence-electron chi connectivity index (χ1n) is 8.05. The molecule has 0 aromatic carbocycles. The maximum absolute atomic E-state index is 12.4. The number of hydrogen-bond acceptors (Lipinski definition) is 4. The van der Waals surface area contributed by atoms with E-state index >= 15 is 0 Å². The molecule has 1 aliphatic rings. The smallest absolute Gasteiger partial charge is 0.462 e. The van der Waals surface area contributed by atoms with Crippen molar-refractivity contribution in [1.82, 2.24) is 0 Å². The van der Waals surface area contributed by atoms with Gasteiger partial charge in [0.2, 0.25) is 0 Å². The summed E-state index contributed by atoms with van der Waals surface area (Å²) in [7, 11) is -0.429. The molecule has 22 heavy (non-hydrogen) atoms. The van der Waals surface area contributed by atoms with E-state index in [1.54, 1.807) is 0 Å². The number of esters is 1. The van der Waals surface area contributed by atoms with Gasteiger partial charge in [-0.1, -0.05) is 26.3 Å². The minimum atomic E-state index is -0.429. The van der Waals surface area contributed by atoms with E-state index in [0.717, 1.165) is 5.57 Å². The molecule has 0 amide bonds. The number of carbonyl (C=O) groups excluding carboxylic acids is 1. The van der Waals surface area contributed by atoms with Crippen LogP contribution in [0.1, 0.15) is 62.3 Å². The Hall–Kier alpha value is -0.805. The summed E-state index contributed by atoms with van der Waals surface area (Å²) in [6.45, 7) is 18.5. The van der Waals surface area contributed by atoms with Crippen molar-refractivity contribution in [1.29, 1.82) is 0 Å². The second kappa shape index (κ2) is 6.36. The summed E-state index contributed by atoms with van der Waals surface area (Å²) in [6.07, 6.45) is 0.412. The average molecular weight is 310 g/mol. The molecule has 1 saturated heterocycles. The van der Waals surface area contributed by atoms with Gasteiger partial charge in [0.25, 0.3) is 0 Å². The van der Waals surface area contributed by atoms with Gasteiger partial charge in [0.15, 0.2) is 0 Å². The highest BCUT2D eigenvalue weighted by atomic mass is 16.7. The Morgan fingerprint density at radius 2 is 1.55 bits per heavy atom. The van der Waals surface area contributed by atoms with Gasteiger partial charge in [-0.2, -0.15) is 0 Å². The van der Waals surface area contributed by atoms with Crippen LogP contribution in [0.25, 0.3) is 0 Å². The molecule has 5 heteroatoms. The quantitative estimate of drug-likeness (QED) is 0.447. The lowest BCUT2D eigenvalue weighted by atomic mass is 9.74. The molecule has 0 saturated carbocycles. The van der Waals surface area contributed by atoms with Gasteiger partial charge >= 0.3 is 13.1 Å². The summed E-state index contributed by atoms with van der Waals surface area (Å²) < 4.78 is 17.3. The molecule has 0 bridgehead atoms. The molecular formula is C17H31BO4. The zero-order chi connectivity index (χ0) is 17.3. The molecule has 0 unspecified atom stereocenters. The summed E-state index contributed by atoms with van der Waals surface area (Å²) in [6, 6.07) is 0. The molecule has 0 aromatic heterocycles. The molecule has 1 aliphatic heterocycles. The SMILES string of the molecule is CCOC(=O)/C(CB1OC(C)(C)C(C)(C)O1)=C(\C)C(C)(C)C. The number of hydrogen-bond donors (Lipinski definition) is 0. The van der Waals surface area contributed by atoms with E-state index in [-0.39, 0.29) is 11.4 Å². The van der Waals surface area contributed by atoms with Crippen molar-refractivity contribution < 1.29 is 18.8 Å². The lowest BCUT2D eigenvalue weighted by molar-refractivity contribution is -0.138. The van der Waals surface area contributed by atoms with Gasteiger partial charge < -0.3 is 14.0 Å². The van der Waals surface area contributed by atoms with Gasteiger partial charge in [-0.3, -0.25) is 0 Å². The van der Waals surface area contributed by atoms with Crippen molar-refractivity contribution in [2.24, 2.45) is 5.41 Å². The fourth-order valence-electron chi connectivity index (χ4n) is 2.28. The fraction of sp³-hybridized carbons (Fsp3) is 0.824. The Kier molecular flexibility index (Phi) is 5.57. The van der Waals surface area contributed by atoms with Crippen LogP contribution in [-0.4, -0.2) is 30.9 Å². The molecular weight excluding hydrogens is 279 g/mol. The molecule has 126 valence electrons. The second-order valence-corrected chi connectivity index (χ2v) is 7.96. The lowest BCUT2D eigenvalue weighted by Gasteiger charge is -2.32. The first-order valence-corrected chi connectivity index (χ1v) is 8.05. The maximum Gasteiger partial charge on any atom is 0.462 e. The van der Waals surface area contributed by atoms with Gasteiger partial charge in [-0.05, 0) is 47.0 Å². The molecule has 0 atom stereocenters. The lowest BCUT2D eigenvalue weighted by Crippen LogP contribution is -2.41. The van der Waals surface area contributed by atoms with E-state index in [1.165, 1.54) is 0 Å². The van der Waals surface area contributed by atoms with E-state index in [9.17, 15) is 4.79 Å². The number of allylic oxidation sites excluding steroid dienone is 1. The van der Waals surface area contributed by atoms with Gasteiger partial charge in [-0.25, -0.2) is 4.79 Å². The second-order valence-electron chi connectivity index (χ2n) is 7.96. The minimum absolute atomic E-state index is 0.105. The van der Waals surface area contributed by atoms with Crippen LogP contribution >= 0.6 is 0 Å². The van der Waals surface area contributed by atoms with E-state index < -0.39 is 18.3 Å². The van der Waals surface area contributed by atoms with E-state index in [0.29, 0.717) is 18.5 Å². The maximum atomic E-state index is 12.4. The Bertz CT molecular complexity index is 442. The Balaban J connectivity index is 3.05. The summed E-state index contributed by atoms with van der Waals surface area (Å²) in [5.41, 5.74) is 0.778. The highest BCUT2D eigenvalue weighted by Gasteiger charge is 2.51. The van der Waals surface area contributed by atoms with Gasteiger partial charge in [0.05, 0.1) is 17.8 Å². The zero-order valence-electron chi connectivity index (χ0n) is 15.6. The molecule has 1 rings (SSSR count). The zero-order valence-corrected chi connectivity index (χ0v) is 15.6. The predicted molar refractivity (Wildman–Crippen MR) is 89.7 cm³/mol. The van der Waals surface area contributed by atoms with Gasteiger partial charge in [0, 0.05) is 11.9 Å². The predicted octanol–water partition coefficient (Wildman–Crippen LogP) is 4.00. The van der Waals surface area contributed by atoms with E-state index in [4.69, 9.17) is 14.0 Å². The van der Waals surface area contributed by atoms with E-state index in [1.807, 2.05) is 41.5 Å². The van der Waals surface area contributed by atoms with Crippen LogP contribution in [0.3, 0.4) is 0 Å². The van der Waals surface area contributed by atoms with Crippen LogP contribution < -0.4 is 0 Å². The van der Waals surface area contributed by atoms with E-state index in [2.05, 4.69) is 20.8 Å². The van der Waals surface area contributed by atoms with Crippen molar-refractivity contribution in [2.45, 2.75) is 79.8 Å². The number of carbonyl (C=O) groups is 1. The van der Waals surface area contributed by atoms with Gasteiger partial charge in [-0.15, -0.1) is 0 Å². The summed E-state index contributed by atoms with van der Waals surface area (Å²) >= 11 is 0. The first-order chi connectivity index (χ1) is 9.82. The highest BCUT2D eigenvalue weighted by Crippen LogP contribution is 2.40. The number of rotatable bonds is 4. The first kappa shape index (κ1) is 19.2. The fourth-order valence-corrected chi connectivity index (χ4v) is 2.28. The van der Waals surface area contributed by atoms with Crippen molar-refractivity contribution >= 4 is 13.1 Å². The van der Waals surface area contributed by atoms with Crippen LogP contribution in [-0.2, 0) is 18.8 Å². The Morgan fingerprint density at radius 1 is 1.09 bits per heavy atom. The van der Waals surface area contributed by atoms with Crippen LogP contribution in [0, 0.1) is 5.41 Å². The third kappa shape index (κ3) is 4.14. The normalized spacial score (nSPS) is 21.6. The average Bonchev–Trinajstić information content (AvgIpc) is 2.52. The largest absolute Gasteiger partial charge is 0.463 e. The monoisotopic (exact) mass is 310 g/mol. The van der Waals surface area contributed by atoms with Crippen molar-refractivity contribution in [3.05, 3.63) is 11.1 Å². The summed E-state index contributed by atoms with van der Waals surface area (Å²) in [4.78, 5) is 12.4. The van der Waals surface area contributed by atoms with Crippen LogP contribution in [0.5, 0.6) is 0 Å². The van der Waals surface area contributed by atoms with Crippen LogP contribution in [0.15, 0.2) is 11.1 Å². The standard InChI is InChI=1S/C17H31BO4/c1-10-20-14(19)13(12(2)15(3,4)5)11-18-21-16(6,7)17(8,9)22-18/h10-11H2,1-9H3/b13-12+. The summed E-state index contributed by atoms with van der Waals surface area (Å²) in [5, 5.41) is 0. The molecule has 0 N–H and O–H groups in total. The molecule has 0 spiro atoms. The molecule has 1 fully saturated rings. The van der Waals surface area contributed by atoms with Crippen LogP contribution in [0.4, 0.5) is 0 Å². The van der Waals surface area contributed by atoms with Gasteiger partial charge in [0.1, 0.15) is 0 Å². The Labute approximate surface area is 135 Å². The highest BCUT2D eigenvalue weighted by molar-refractivity contribution is 6.47. The number of ether oxygens (including phenoxy) is 1. The Morgan fingerprint density at radius 3 is 1.91 bits per heavy atom. The molecule has 0 aliphatic carbocycles.